The quantitative estimate of drug-likeness (QED) is 0.510. The lowest BCUT2D eigenvalue weighted by atomic mass is 10.0. The van der Waals surface area contributed by atoms with E-state index in [9.17, 15) is 0 Å². The van der Waals surface area contributed by atoms with Crippen LogP contribution in [0.1, 0.15) is 22.0 Å². The molecule has 16 heavy (non-hydrogen) atoms. The summed E-state index contributed by atoms with van der Waals surface area (Å²) in [6.07, 6.45) is 0. The van der Waals surface area contributed by atoms with E-state index in [1.165, 1.54) is 19.6 Å². The molecule has 4 heteroatoms. The van der Waals surface area contributed by atoms with E-state index < -0.39 is 0 Å². The number of hydrogen-bond donors (Lipinski definition) is 2. The van der Waals surface area contributed by atoms with Gasteiger partial charge in [-0.3, -0.25) is 5.84 Å². The molecule has 0 aliphatic carbocycles. The summed E-state index contributed by atoms with van der Waals surface area (Å²) < 4.78 is 1.23. The van der Waals surface area contributed by atoms with Gasteiger partial charge in [-0.15, -0.1) is 11.3 Å². The summed E-state index contributed by atoms with van der Waals surface area (Å²) in [4.78, 5) is 1.28. The van der Waals surface area contributed by atoms with Crippen LogP contribution >= 0.6 is 33.9 Å². The molecule has 3 N–H and O–H groups in total. The van der Waals surface area contributed by atoms with E-state index in [4.69, 9.17) is 5.84 Å². The minimum atomic E-state index is 0.0908. The van der Waals surface area contributed by atoms with Crippen LogP contribution in [-0.4, -0.2) is 0 Å². The van der Waals surface area contributed by atoms with Gasteiger partial charge >= 0.3 is 0 Å². The first-order valence-electron chi connectivity index (χ1n) is 4.98. The fourth-order valence-corrected chi connectivity index (χ4v) is 3.40. The number of aryl methyl sites for hydroxylation is 1. The van der Waals surface area contributed by atoms with E-state index in [1.807, 2.05) is 12.1 Å². The van der Waals surface area contributed by atoms with Gasteiger partial charge in [0.25, 0.3) is 0 Å². The highest BCUT2D eigenvalue weighted by atomic mass is 127. The van der Waals surface area contributed by atoms with Gasteiger partial charge in [0, 0.05) is 8.45 Å². The van der Waals surface area contributed by atoms with Crippen LogP contribution in [0.4, 0.5) is 0 Å². The van der Waals surface area contributed by atoms with Crippen LogP contribution in [0.25, 0.3) is 0 Å². The van der Waals surface area contributed by atoms with Crippen LogP contribution in [0.2, 0.25) is 0 Å². The van der Waals surface area contributed by atoms with Gasteiger partial charge in [0.05, 0.1) is 6.04 Å². The summed E-state index contributed by atoms with van der Waals surface area (Å²) in [6.45, 7) is 2.12. The van der Waals surface area contributed by atoms with Crippen molar-refractivity contribution in [1.29, 1.82) is 0 Å². The number of hydrogen-bond acceptors (Lipinski definition) is 3. The molecule has 1 aromatic heterocycles. The van der Waals surface area contributed by atoms with E-state index in [-0.39, 0.29) is 6.04 Å². The Labute approximate surface area is 113 Å². The largest absolute Gasteiger partial charge is 0.271 e. The molecule has 2 aromatic rings. The highest BCUT2D eigenvalue weighted by molar-refractivity contribution is 14.1. The molecule has 84 valence electrons. The van der Waals surface area contributed by atoms with Crippen LogP contribution in [-0.2, 0) is 0 Å². The first-order chi connectivity index (χ1) is 7.74. The van der Waals surface area contributed by atoms with E-state index in [2.05, 4.69) is 58.5 Å². The Balaban J connectivity index is 2.45. The highest BCUT2D eigenvalue weighted by Crippen LogP contribution is 2.31. The van der Waals surface area contributed by atoms with Crippen molar-refractivity contribution in [1.82, 2.24) is 5.43 Å². The normalized spacial score (nSPS) is 12.7. The van der Waals surface area contributed by atoms with Crippen molar-refractivity contribution in [2.45, 2.75) is 13.0 Å². The van der Waals surface area contributed by atoms with Gasteiger partial charge in [0.1, 0.15) is 0 Å². The third-order valence-electron chi connectivity index (χ3n) is 2.55. The predicted octanol–water partition coefficient (Wildman–Crippen LogP) is 3.21. The van der Waals surface area contributed by atoms with Crippen molar-refractivity contribution >= 4 is 33.9 Å². The molecule has 0 amide bonds. The zero-order chi connectivity index (χ0) is 11.5. The molecule has 2 rings (SSSR count). The summed E-state index contributed by atoms with van der Waals surface area (Å²) in [6, 6.07) is 10.5. The van der Waals surface area contributed by atoms with Gasteiger partial charge in [-0.2, -0.15) is 0 Å². The third-order valence-corrected chi connectivity index (χ3v) is 4.61. The molecule has 0 aliphatic heterocycles. The minimum absolute atomic E-state index is 0.0908. The van der Waals surface area contributed by atoms with E-state index in [0.29, 0.717) is 0 Å². The van der Waals surface area contributed by atoms with Crippen LogP contribution in [0.15, 0.2) is 35.7 Å². The molecule has 0 bridgehead atoms. The topological polar surface area (TPSA) is 38.0 Å². The summed E-state index contributed by atoms with van der Waals surface area (Å²) in [5.74, 6) is 5.69. The van der Waals surface area contributed by atoms with E-state index in [0.717, 1.165) is 0 Å². The molecule has 0 radical (unpaired) electrons. The van der Waals surface area contributed by atoms with Gasteiger partial charge < -0.3 is 0 Å². The lowest BCUT2D eigenvalue weighted by molar-refractivity contribution is 0.641. The number of halogens is 1. The van der Waals surface area contributed by atoms with Gasteiger partial charge in [-0.25, -0.2) is 5.43 Å². The van der Waals surface area contributed by atoms with Crippen LogP contribution in [0, 0.1) is 10.5 Å². The second-order valence-corrected chi connectivity index (χ2v) is 5.70. The molecule has 1 aromatic carbocycles. The number of hydrazine groups is 1. The summed E-state index contributed by atoms with van der Waals surface area (Å²) in [7, 11) is 0. The zero-order valence-electron chi connectivity index (χ0n) is 8.91. The van der Waals surface area contributed by atoms with Gasteiger partial charge in [0.15, 0.2) is 0 Å². The number of rotatable bonds is 3. The lowest BCUT2D eigenvalue weighted by Gasteiger charge is -2.17. The van der Waals surface area contributed by atoms with Crippen molar-refractivity contribution in [3.05, 3.63) is 55.3 Å². The van der Waals surface area contributed by atoms with E-state index in [1.54, 1.807) is 11.3 Å². The molecule has 0 fully saturated rings. The van der Waals surface area contributed by atoms with Gasteiger partial charge in [0.2, 0.25) is 0 Å². The maximum atomic E-state index is 5.69. The Morgan fingerprint density at radius 2 is 2.06 bits per heavy atom. The number of nitrogens with two attached hydrogens (primary N) is 1. The molecule has 1 heterocycles. The molecular weight excluding hydrogens is 331 g/mol. The average Bonchev–Trinajstić information content (AvgIpc) is 2.69. The fraction of sp³-hybridized carbons (Fsp3) is 0.167. The van der Waals surface area contributed by atoms with Gasteiger partial charge in [-0.05, 0) is 58.2 Å². The first-order valence-corrected chi connectivity index (χ1v) is 6.94. The predicted molar refractivity (Wildman–Crippen MR) is 77.4 cm³/mol. The zero-order valence-corrected chi connectivity index (χ0v) is 11.9. The minimum Gasteiger partial charge on any atom is -0.271 e. The number of benzene rings is 1. The Morgan fingerprint density at radius 3 is 2.62 bits per heavy atom. The van der Waals surface area contributed by atoms with Crippen molar-refractivity contribution in [3.8, 4) is 0 Å². The monoisotopic (exact) mass is 344 g/mol. The van der Waals surface area contributed by atoms with Gasteiger partial charge in [-0.1, -0.05) is 18.2 Å². The Kier molecular flexibility index (Phi) is 3.96. The molecular formula is C12H13IN2S. The van der Waals surface area contributed by atoms with Crippen molar-refractivity contribution in [3.63, 3.8) is 0 Å². The second-order valence-electron chi connectivity index (χ2n) is 3.59. The van der Waals surface area contributed by atoms with Crippen LogP contribution in [0.5, 0.6) is 0 Å². The van der Waals surface area contributed by atoms with Crippen molar-refractivity contribution in [2.24, 2.45) is 5.84 Å². The molecule has 1 unspecified atom stereocenters. The maximum Gasteiger partial charge on any atom is 0.0815 e. The number of nitrogens with one attached hydrogen (secondary N) is 1. The Hall–Kier alpha value is -0.430. The fourth-order valence-electron chi connectivity index (χ4n) is 1.70. The first kappa shape index (κ1) is 12.0. The summed E-state index contributed by atoms with van der Waals surface area (Å²) in [5, 5.41) is 2.10. The molecule has 2 nitrogen and oxygen atoms in total. The molecule has 0 spiro atoms. The smallest absolute Gasteiger partial charge is 0.0815 e. The summed E-state index contributed by atoms with van der Waals surface area (Å²) in [5.41, 5.74) is 5.43. The average molecular weight is 344 g/mol. The standard InChI is InChI=1S/C12H13IN2S/c1-8-6-7-16-12(8)11(15-14)9-4-2-3-5-10(9)13/h2-7,11,15H,14H2,1H3. The van der Waals surface area contributed by atoms with Crippen molar-refractivity contribution in [2.75, 3.05) is 0 Å². The Morgan fingerprint density at radius 1 is 1.31 bits per heavy atom. The number of thiophene rings is 1. The third kappa shape index (κ3) is 2.29. The SMILES string of the molecule is Cc1ccsc1C(NN)c1ccccc1I. The Bertz CT molecular complexity index is 481. The molecule has 1 atom stereocenters. The van der Waals surface area contributed by atoms with Crippen LogP contribution in [0.3, 0.4) is 0 Å². The van der Waals surface area contributed by atoms with Crippen LogP contribution < -0.4 is 11.3 Å². The lowest BCUT2D eigenvalue weighted by Crippen LogP contribution is -2.29. The van der Waals surface area contributed by atoms with Crippen molar-refractivity contribution < 1.29 is 0 Å². The second kappa shape index (κ2) is 5.27. The molecule has 0 saturated carbocycles. The summed E-state index contributed by atoms with van der Waals surface area (Å²) >= 11 is 4.08. The maximum absolute atomic E-state index is 5.69. The molecule has 0 saturated heterocycles. The molecule has 0 aliphatic rings. The van der Waals surface area contributed by atoms with E-state index >= 15 is 0 Å². The highest BCUT2D eigenvalue weighted by Gasteiger charge is 2.17.